The van der Waals surface area contributed by atoms with Gasteiger partial charge in [0.2, 0.25) is 0 Å². The number of alkyl halides is 3. The molecule has 2 heterocycles. The highest BCUT2D eigenvalue weighted by Gasteiger charge is 2.29. The first-order valence-corrected chi connectivity index (χ1v) is 10.5. The van der Waals surface area contributed by atoms with Crippen molar-refractivity contribution < 1.29 is 13.2 Å². The van der Waals surface area contributed by atoms with E-state index in [2.05, 4.69) is 20.2 Å². The lowest BCUT2D eigenvalue weighted by molar-refractivity contribution is -0.115. The van der Waals surface area contributed by atoms with Crippen LogP contribution in [-0.4, -0.2) is 53.8 Å². The molecule has 0 atom stereocenters. The third-order valence-corrected chi connectivity index (χ3v) is 5.69. The smallest absolute Gasteiger partial charge is 0.358 e. The summed E-state index contributed by atoms with van der Waals surface area (Å²) in [4.78, 5) is 13.2. The largest absolute Gasteiger partial charge is 0.405 e. The fourth-order valence-electron chi connectivity index (χ4n) is 3.54. The third-order valence-electron chi connectivity index (χ3n) is 5.08. The predicted molar refractivity (Wildman–Crippen MR) is 118 cm³/mol. The van der Waals surface area contributed by atoms with Crippen LogP contribution >= 0.6 is 23.2 Å². The zero-order chi connectivity index (χ0) is 22.0. The van der Waals surface area contributed by atoms with Crippen LogP contribution in [0, 0.1) is 0 Å². The molecule has 1 fully saturated rings. The predicted octanol–water partition coefficient (Wildman–Crippen LogP) is 5.23. The summed E-state index contributed by atoms with van der Waals surface area (Å²) in [5.41, 5.74) is 2.13. The zero-order valence-corrected chi connectivity index (χ0v) is 18.0. The number of fused-ring (bicyclic) bond motifs is 1. The minimum Gasteiger partial charge on any atom is -0.358 e. The molecule has 0 saturated carbocycles. The van der Waals surface area contributed by atoms with Crippen molar-refractivity contribution in [1.29, 1.82) is 0 Å². The van der Waals surface area contributed by atoms with Crippen molar-refractivity contribution in [3.05, 3.63) is 58.1 Å². The molecule has 5 nitrogen and oxygen atoms in total. The van der Waals surface area contributed by atoms with Gasteiger partial charge in [0, 0.05) is 42.8 Å². The first-order chi connectivity index (χ1) is 14.8. The Morgan fingerprint density at radius 1 is 0.935 bits per heavy atom. The second-order valence-electron chi connectivity index (χ2n) is 7.35. The number of hydrogen-bond donors (Lipinski definition) is 1. The maximum Gasteiger partial charge on any atom is 0.405 e. The maximum absolute atomic E-state index is 12.8. The Kier molecular flexibility index (Phi) is 6.41. The molecule has 1 aromatic heterocycles. The van der Waals surface area contributed by atoms with E-state index in [1.165, 1.54) is 0 Å². The summed E-state index contributed by atoms with van der Waals surface area (Å²) in [5.74, 6) is 0.575. The Labute approximate surface area is 187 Å². The van der Waals surface area contributed by atoms with E-state index in [1.807, 2.05) is 17.0 Å². The molecule has 1 saturated heterocycles. The van der Waals surface area contributed by atoms with Crippen LogP contribution in [0.1, 0.15) is 5.56 Å². The van der Waals surface area contributed by atoms with Gasteiger partial charge in [-0.3, -0.25) is 4.90 Å². The molecule has 2 aromatic carbocycles. The standard InChI is InChI=1S/C21H20Cl2F3N5/c22-15-5-6-16(23)14(11-15)12-30-7-9-31(10-8-30)20-19(27-13-21(24,25)26)28-17-3-1-2-4-18(17)29-20/h1-6,11H,7-10,12-13H2,(H,27,28). The van der Waals surface area contributed by atoms with Crippen molar-refractivity contribution >= 4 is 45.9 Å². The average molecular weight is 470 g/mol. The number of benzene rings is 2. The molecule has 1 aliphatic heterocycles. The second kappa shape index (κ2) is 9.06. The summed E-state index contributed by atoms with van der Waals surface area (Å²) in [6.45, 7) is 2.10. The van der Waals surface area contributed by atoms with Crippen molar-refractivity contribution in [1.82, 2.24) is 14.9 Å². The molecule has 1 aliphatic rings. The van der Waals surface area contributed by atoms with Crippen molar-refractivity contribution in [2.24, 2.45) is 0 Å². The number of halogens is 5. The van der Waals surface area contributed by atoms with E-state index in [-0.39, 0.29) is 5.82 Å². The van der Waals surface area contributed by atoms with Crippen LogP contribution in [0.3, 0.4) is 0 Å². The van der Waals surface area contributed by atoms with Gasteiger partial charge in [0.1, 0.15) is 6.54 Å². The van der Waals surface area contributed by atoms with Gasteiger partial charge in [-0.25, -0.2) is 9.97 Å². The van der Waals surface area contributed by atoms with Gasteiger partial charge in [-0.1, -0.05) is 35.3 Å². The Morgan fingerprint density at radius 2 is 1.61 bits per heavy atom. The molecule has 3 aromatic rings. The van der Waals surface area contributed by atoms with Gasteiger partial charge in [0.15, 0.2) is 11.6 Å². The molecule has 0 bridgehead atoms. The quantitative estimate of drug-likeness (QED) is 0.553. The fourth-order valence-corrected chi connectivity index (χ4v) is 3.91. The lowest BCUT2D eigenvalue weighted by Crippen LogP contribution is -2.46. The third kappa shape index (κ3) is 5.50. The molecule has 31 heavy (non-hydrogen) atoms. The lowest BCUT2D eigenvalue weighted by Gasteiger charge is -2.36. The lowest BCUT2D eigenvalue weighted by atomic mass is 10.2. The van der Waals surface area contributed by atoms with Crippen molar-refractivity contribution in [2.45, 2.75) is 12.7 Å². The van der Waals surface area contributed by atoms with Gasteiger partial charge in [0.25, 0.3) is 0 Å². The molecule has 0 unspecified atom stereocenters. The summed E-state index contributed by atoms with van der Waals surface area (Å²) >= 11 is 12.4. The van der Waals surface area contributed by atoms with E-state index < -0.39 is 12.7 Å². The molecule has 0 spiro atoms. The molecule has 0 amide bonds. The van der Waals surface area contributed by atoms with Gasteiger partial charge < -0.3 is 10.2 Å². The average Bonchev–Trinajstić information content (AvgIpc) is 2.74. The molecular formula is C21H20Cl2F3N5. The van der Waals surface area contributed by atoms with E-state index in [4.69, 9.17) is 23.2 Å². The monoisotopic (exact) mass is 469 g/mol. The van der Waals surface area contributed by atoms with Crippen LogP contribution in [0.2, 0.25) is 10.0 Å². The summed E-state index contributed by atoms with van der Waals surface area (Å²) in [6.07, 6.45) is -4.35. The highest BCUT2D eigenvalue weighted by atomic mass is 35.5. The van der Waals surface area contributed by atoms with Crippen LogP contribution in [0.4, 0.5) is 24.8 Å². The second-order valence-corrected chi connectivity index (χ2v) is 8.20. The topological polar surface area (TPSA) is 44.3 Å². The van der Waals surface area contributed by atoms with Crippen molar-refractivity contribution in [3.8, 4) is 0 Å². The number of nitrogens with zero attached hydrogens (tertiary/aromatic N) is 4. The number of para-hydroxylation sites is 2. The molecule has 4 rings (SSSR count). The summed E-state index contributed by atoms with van der Waals surface area (Å²) in [7, 11) is 0. The molecular weight excluding hydrogens is 450 g/mol. The molecule has 0 aliphatic carbocycles. The number of anilines is 2. The Balaban J connectivity index is 1.51. The summed E-state index contributed by atoms with van der Waals surface area (Å²) < 4.78 is 38.4. The fraction of sp³-hybridized carbons (Fsp3) is 0.333. The first kappa shape index (κ1) is 21.9. The van der Waals surface area contributed by atoms with Crippen LogP contribution in [0.25, 0.3) is 11.0 Å². The Bertz CT molecular complexity index is 1070. The highest BCUT2D eigenvalue weighted by Crippen LogP contribution is 2.28. The van der Waals surface area contributed by atoms with Gasteiger partial charge in [0.05, 0.1) is 11.0 Å². The van der Waals surface area contributed by atoms with E-state index in [1.54, 1.807) is 30.3 Å². The maximum atomic E-state index is 12.8. The van der Waals surface area contributed by atoms with Gasteiger partial charge >= 0.3 is 6.18 Å². The molecule has 10 heteroatoms. The van der Waals surface area contributed by atoms with E-state index in [0.717, 1.165) is 5.56 Å². The SMILES string of the molecule is FC(F)(F)CNc1nc2ccccc2nc1N1CCN(Cc2cc(Cl)ccc2Cl)CC1. The van der Waals surface area contributed by atoms with E-state index in [9.17, 15) is 13.2 Å². The molecule has 0 radical (unpaired) electrons. The minimum atomic E-state index is -4.35. The van der Waals surface area contributed by atoms with Crippen LogP contribution in [-0.2, 0) is 6.54 Å². The van der Waals surface area contributed by atoms with Crippen LogP contribution in [0.5, 0.6) is 0 Å². The molecule has 164 valence electrons. The van der Waals surface area contributed by atoms with Gasteiger partial charge in [-0.05, 0) is 35.9 Å². The zero-order valence-electron chi connectivity index (χ0n) is 16.5. The molecule has 1 N–H and O–H groups in total. The van der Waals surface area contributed by atoms with Crippen molar-refractivity contribution in [3.63, 3.8) is 0 Å². The number of aromatic nitrogens is 2. The van der Waals surface area contributed by atoms with Gasteiger partial charge in [-0.2, -0.15) is 13.2 Å². The van der Waals surface area contributed by atoms with Crippen LogP contribution < -0.4 is 10.2 Å². The number of rotatable bonds is 5. The highest BCUT2D eigenvalue weighted by molar-refractivity contribution is 6.33. The first-order valence-electron chi connectivity index (χ1n) is 9.77. The van der Waals surface area contributed by atoms with Crippen LogP contribution in [0.15, 0.2) is 42.5 Å². The number of nitrogens with one attached hydrogen (secondary N) is 1. The van der Waals surface area contributed by atoms with E-state index >= 15 is 0 Å². The Morgan fingerprint density at radius 3 is 2.29 bits per heavy atom. The van der Waals surface area contributed by atoms with Crippen molar-refractivity contribution in [2.75, 3.05) is 42.9 Å². The Hall–Kier alpha value is -2.29. The summed E-state index contributed by atoms with van der Waals surface area (Å²) in [6, 6.07) is 12.5. The minimum absolute atomic E-state index is 0.141. The number of hydrogen-bond acceptors (Lipinski definition) is 5. The number of piperazine rings is 1. The van der Waals surface area contributed by atoms with Gasteiger partial charge in [-0.15, -0.1) is 0 Å². The normalized spacial score (nSPS) is 15.5. The van der Waals surface area contributed by atoms with E-state index in [0.29, 0.717) is 59.6 Å². The summed E-state index contributed by atoms with van der Waals surface area (Å²) in [5, 5.41) is 3.71.